The molecule has 1 unspecified atom stereocenters. The van der Waals surface area contributed by atoms with Crippen LogP contribution < -0.4 is 4.74 Å². The van der Waals surface area contributed by atoms with Gasteiger partial charge >= 0.3 is 0 Å². The molecule has 2 rings (SSSR count). The first kappa shape index (κ1) is 14.6. The van der Waals surface area contributed by atoms with E-state index in [-0.39, 0.29) is 10.6 Å². The van der Waals surface area contributed by atoms with Crippen LogP contribution in [0.25, 0.3) is 0 Å². The smallest absolute Gasteiger partial charge is 0.165 e. The second-order valence-electron chi connectivity index (χ2n) is 4.53. The lowest BCUT2D eigenvalue weighted by molar-refractivity contribution is 0.250. The van der Waals surface area contributed by atoms with E-state index in [2.05, 4.69) is 0 Å². The van der Waals surface area contributed by atoms with Crippen molar-refractivity contribution in [2.24, 2.45) is 0 Å². The van der Waals surface area contributed by atoms with Crippen molar-refractivity contribution in [3.8, 4) is 5.75 Å². The Bertz CT molecular complexity index is 623. The maximum absolute atomic E-state index is 13.7. The summed E-state index contributed by atoms with van der Waals surface area (Å²) in [5, 5.41) is 10.3. The third-order valence-electron chi connectivity index (χ3n) is 3.08. The summed E-state index contributed by atoms with van der Waals surface area (Å²) in [4.78, 5) is 0.287. The van der Waals surface area contributed by atoms with E-state index in [0.29, 0.717) is 11.1 Å². The molecule has 0 fully saturated rings. The summed E-state index contributed by atoms with van der Waals surface area (Å²) in [7, 11) is 1.40. The van der Waals surface area contributed by atoms with Gasteiger partial charge in [-0.3, -0.25) is 0 Å². The fraction of sp³-hybridized carbons (Fsp3) is 0.188. The highest BCUT2D eigenvalue weighted by molar-refractivity contribution is 7.81. The Kier molecular flexibility index (Phi) is 4.47. The number of hydrogen-bond donors (Lipinski definition) is 1. The highest BCUT2D eigenvalue weighted by Gasteiger charge is 2.16. The number of benzene rings is 2. The van der Waals surface area contributed by atoms with Gasteiger partial charge in [0.1, 0.15) is 6.10 Å². The van der Waals surface area contributed by atoms with Crippen LogP contribution in [0.4, 0.5) is 4.39 Å². The molecule has 20 heavy (non-hydrogen) atoms. The molecule has 1 atom stereocenters. The van der Waals surface area contributed by atoms with Crippen LogP contribution in [-0.2, 0) is 0 Å². The van der Waals surface area contributed by atoms with Crippen LogP contribution in [0.15, 0.2) is 42.5 Å². The lowest BCUT2D eigenvalue weighted by Gasteiger charge is -2.14. The summed E-state index contributed by atoms with van der Waals surface area (Å²) in [6, 6.07) is 11.8. The monoisotopic (exact) mass is 290 g/mol. The van der Waals surface area contributed by atoms with E-state index in [0.717, 1.165) is 5.56 Å². The molecule has 2 aromatic rings. The molecule has 0 aliphatic rings. The second-order valence-corrected chi connectivity index (χ2v) is 4.97. The third-order valence-corrected chi connectivity index (χ3v) is 3.54. The van der Waals surface area contributed by atoms with Crippen LogP contribution in [0, 0.1) is 12.7 Å². The van der Waals surface area contributed by atoms with E-state index >= 15 is 0 Å². The van der Waals surface area contributed by atoms with Gasteiger partial charge in [-0.15, -0.1) is 0 Å². The Morgan fingerprint density at radius 2 is 1.85 bits per heavy atom. The highest BCUT2D eigenvalue weighted by Crippen LogP contribution is 2.23. The van der Waals surface area contributed by atoms with Gasteiger partial charge in [-0.05, 0) is 36.2 Å². The Morgan fingerprint density at radius 3 is 2.40 bits per heavy atom. The average Bonchev–Trinajstić information content (AvgIpc) is 2.46. The molecule has 0 aliphatic heterocycles. The molecule has 0 aromatic heterocycles. The molecule has 0 radical (unpaired) electrons. The van der Waals surface area contributed by atoms with Gasteiger partial charge < -0.3 is 9.84 Å². The molecule has 1 N–H and O–H groups in total. The van der Waals surface area contributed by atoms with Crippen LogP contribution in [0.2, 0.25) is 0 Å². The number of rotatable bonds is 4. The number of aryl methyl sites for hydroxylation is 1. The number of methoxy groups -OCH3 is 1. The van der Waals surface area contributed by atoms with Crippen LogP contribution in [0.5, 0.6) is 5.75 Å². The van der Waals surface area contributed by atoms with Crippen LogP contribution >= 0.6 is 12.2 Å². The zero-order valence-electron chi connectivity index (χ0n) is 11.3. The summed E-state index contributed by atoms with van der Waals surface area (Å²) >= 11 is 5.24. The van der Waals surface area contributed by atoms with E-state index in [4.69, 9.17) is 17.0 Å². The van der Waals surface area contributed by atoms with Gasteiger partial charge in [0.2, 0.25) is 0 Å². The van der Waals surface area contributed by atoms with Crippen molar-refractivity contribution < 1.29 is 14.2 Å². The average molecular weight is 290 g/mol. The zero-order chi connectivity index (χ0) is 14.7. The molecule has 0 spiro atoms. The fourth-order valence-corrected chi connectivity index (χ4v) is 2.14. The molecule has 0 aliphatic carbocycles. The zero-order valence-corrected chi connectivity index (χ0v) is 12.1. The fourth-order valence-electron chi connectivity index (χ4n) is 1.88. The van der Waals surface area contributed by atoms with Crippen molar-refractivity contribution >= 4 is 17.1 Å². The van der Waals surface area contributed by atoms with Gasteiger partial charge in [0, 0.05) is 0 Å². The van der Waals surface area contributed by atoms with Crippen molar-refractivity contribution in [1.82, 2.24) is 0 Å². The first-order valence-electron chi connectivity index (χ1n) is 6.15. The minimum atomic E-state index is -0.932. The molecule has 0 bridgehead atoms. The number of halogens is 1. The van der Waals surface area contributed by atoms with Gasteiger partial charge in [-0.25, -0.2) is 4.39 Å². The summed E-state index contributed by atoms with van der Waals surface area (Å²) in [6.07, 6.45) is -0.932. The summed E-state index contributed by atoms with van der Waals surface area (Å²) < 4.78 is 18.5. The highest BCUT2D eigenvalue weighted by atomic mass is 32.1. The van der Waals surface area contributed by atoms with Crippen molar-refractivity contribution in [3.63, 3.8) is 0 Å². The predicted molar refractivity (Wildman–Crippen MR) is 80.8 cm³/mol. The number of hydrogen-bond acceptors (Lipinski definition) is 3. The number of aliphatic hydroxyl groups excluding tert-OH is 1. The second kappa shape index (κ2) is 6.11. The third kappa shape index (κ3) is 3.03. The minimum absolute atomic E-state index is 0.154. The Hall–Kier alpha value is -1.78. The quantitative estimate of drug-likeness (QED) is 0.689. The van der Waals surface area contributed by atoms with Crippen LogP contribution in [0.3, 0.4) is 0 Å². The largest absolute Gasteiger partial charge is 0.494 e. The summed E-state index contributed by atoms with van der Waals surface area (Å²) in [5.41, 5.74) is 2.27. The predicted octanol–water partition coefficient (Wildman–Crippen LogP) is 3.59. The summed E-state index contributed by atoms with van der Waals surface area (Å²) in [6.45, 7) is 1.97. The number of aliphatic hydroxyl groups is 1. The lowest BCUT2D eigenvalue weighted by Crippen LogP contribution is -2.11. The van der Waals surface area contributed by atoms with E-state index in [9.17, 15) is 9.50 Å². The van der Waals surface area contributed by atoms with Gasteiger partial charge in [0.25, 0.3) is 0 Å². The van der Waals surface area contributed by atoms with Gasteiger partial charge in [-0.2, -0.15) is 0 Å². The molecule has 2 aromatic carbocycles. The minimum Gasteiger partial charge on any atom is -0.494 e. The molecule has 0 saturated heterocycles. The normalized spacial score (nSPS) is 12.0. The van der Waals surface area contributed by atoms with Gasteiger partial charge in [0.15, 0.2) is 11.6 Å². The standard InChI is InChI=1S/C16H15FO2S/c1-10-3-5-11(6-4-10)15(18)16(20)12-7-8-14(19-2)13(17)9-12/h3-9,15,18H,1-2H3. The van der Waals surface area contributed by atoms with E-state index < -0.39 is 11.9 Å². The lowest BCUT2D eigenvalue weighted by atomic mass is 10.00. The molecule has 0 saturated carbocycles. The molecule has 0 heterocycles. The first-order valence-corrected chi connectivity index (χ1v) is 6.56. The Balaban J connectivity index is 2.26. The Labute approximate surface area is 122 Å². The first-order chi connectivity index (χ1) is 9.52. The van der Waals surface area contributed by atoms with E-state index in [1.165, 1.54) is 19.2 Å². The molecular formula is C16H15FO2S. The maximum Gasteiger partial charge on any atom is 0.165 e. The SMILES string of the molecule is COc1ccc(C(=S)C(O)c2ccc(C)cc2)cc1F. The molecule has 0 amide bonds. The van der Waals surface area contributed by atoms with Crippen LogP contribution in [-0.4, -0.2) is 17.1 Å². The van der Waals surface area contributed by atoms with Crippen LogP contribution in [0.1, 0.15) is 22.8 Å². The van der Waals surface area contributed by atoms with Gasteiger partial charge in [0.05, 0.1) is 12.0 Å². The topological polar surface area (TPSA) is 29.5 Å². The number of ether oxygens (including phenoxy) is 1. The van der Waals surface area contributed by atoms with Crippen molar-refractivity contribution in [2.75, 3.05) is 7.11 Å². The number of thiocarbonyl (C=S) groups is 1. The van der Waals surface area contributed by atoms with Crippen molar-refractivity contribution in [1.29, 1.82) is 0 Å². The molecular weight excluding hydrogens is 275 g/mol. The van der Waals surface area contributed by atoms with Gasteiger partial charge in [-0.1, -0.05) is 42.0 Å². The van der Waals surface area contributed by atoms with Crippen molar-refractivity contribution in [3.05, 3.63) is 65.0 Å². The van der Waals surface area contributed by atoms with E-state index in [1.807, 2.05) is 31.2 Å². The Morgan fingerprint density at radius 1 is 1.20 bits per heavy atom. The molecule has 4 heteroatoms. The van der Waals surface area contributed by atoms with Crippen molar-refractivity contribution in [2.45, 2.75) is 13.0 Å². The molecule has 2 nitrogen and oxygen atoms in total. The summed E-state index contributed by atoms with van der Waals surface area (Å²) in [5.74, 6) is -0.343. The molecule has 104 valence electrons. The maximum atomic E-state index is 13.7. The van der Waals surface area contributed by atoms with E-state index in [1.54, 1.807) is 6.07 Å².